The summed E-state index contributed by atoms with van der Waals surface area (Å²) in [5.41, 5.74) is 7.78. The molecule has 0 aliphatic heterocycles. The lowest BCUT2D eigenvalue weighted by molar-refractivity contribution is 0.168. The summed E-state index contributed by atoms with van der Waals surface area (Å²) < 4.78 is 10.9. The van der Waals surface area contributed by atoms with Gasteiger partial charge in [-0.25, -0.2) is 9.98 Å². The van der Waals surface area contributed by atoms with Gasteiger partial charge in [-0.15, -0.1) is 0 Å². The van der Waals surface area contributed by atoms with Crippen molar-refractivity contribution < 1.29 is 9.47 Å². The normalized spacial score (nSPS) is 14.7. The number of ether oxygens (including phenoxy) is 2. The molecule has 6 nitrogen and oxygen atoms in total. The average Bonchev–Trinajstić information content (AvgIpc) is 2.64. The van der Waals surface area contributed by atoms with E-state index in [1.165, 1.54) is 0 Å². The third kappa shape index (κ3) is 8.44. The predicted molar refractivity (Wildman–Crippen MR) is 113 cm³/mol. The highest BCUT2D eigenvalue weighted by molar-refractivity contribution is 6.01. The van der Waals surface area contributed by atoms with Crippen molar-refractivity contribution >= 4 is 11.7 Å². The van der Waals surface area contributed by atoms with Crippen molar-refractivity contribution in [3.05, 3.63) is 54.4 Å². The molecule has 0 amide bonds. The van der Waals surface area contributed by atoms with Crippen LogP contribution in [0.2, 0.25) is 0 Å². The quantitative estimate of drug-likeness (QED) is 0.372. The highest BCUT2D eigenvalue weighted by Crippen LogP contribution is 2.13. The smallest absolute Gasteiger partial charge is 0.215 e. The van der Waals surface area contributed by atoms with Crippen LogP contribution in [-0.2, 0) is 11.3 Å². The Bertz CT molecular complexity index is 678. The first-order valence-electron chi connectivity index (χ1n) is 9.12. The van der Waals surface area contributed by atoms with Crippen LogP contribution in [-0.4, -0.2) is 30.9 Å². The number of rotatable bonds is 10. The fourth-order valence-electron chi connectivity index (χ4n) is 2.49. The number of benzene rings is 1. The zero-order valence-corrected chi connectivity index (χ0v) is 17.0. The van der Waals surface area contributed by atoms with Crippen molar-refractivity contribution in [2.24, 2.45) is 15.7 Å². The third-order valence-electron chi connectivity index (χ3n) is 3.98. The van der Waals surface area contributed by atoms with Gasteiger partial charge in [0.15, 0.2) is 5.88 Å². The number of hydrogen-bond donors (Lipinski definition) is 2. The van der Waals surface area contributed by atoms with E-state index in [-0.39, 0.29) is 18.0 Å². The standard InChI is InChI=1S/C21H32N4O2/c1-7-9-15(3)23-21(22)24-16(4)20(8-2)25-17(5)27-14-18-10-12-19(26-6)13-11-18/h7,9-13,16,20,25H,5,8,14H2,1-4,6H3,(H2,22,24)/b9-7-,23-15+/t16?,20-/m1/s1. The number of guanidine groups is 1. The summed E-state index contributed by atoms with van der Waals surface area (Å²) in [4.78, 5) is 8.72. The topological polar surface area (TPSA) is 81.2 Å². The van der Waals surface area contributed by atoms with Crippen LogP contribution in [0, 0.1) is 0 Å². The summed E-state index contributed by atoms with van der Waals surface area (Å²) >= 11 is 0. The number of aliphatic imine (C=N–C) groups is 2. The Balaban J connectivity index is 2.59. The Morgan fingerprint density at radius 2 is 2.00 bits per heavy atom. The highest BCUT2D eigenvalue weighted by Gasteiger charge is 2.16. The highest BCUT2D eigenvalue weighted by atomic mass is 16.5. The second-order valence-electron chi connectivity index (χ2n) is 6.20. The van der Waals surface area contributed by atoms with E-state index in [4.69, 9.17) is 15.2 Å². The first-order chi connectivity index (χ1) is 12.9. The molecule has 0 saturated heterocycles. The fourth-order valence-corrected chi connectivity index (χ4v) is 2.49. The van der Waals surface area contributed by atoms with E-state index in [0.29, 0.717) is 12.5 Å². The van der Waals surface area contributed by atoms with Crippen LogP contribution in [0.4, 0.5) is 0 Å². The van der Waals surface area contributed by atoms with E-state index in [1.807, 2.05) is 57.2 Å². The van der Waals surface area contributed by atoms with Crippen LogP contribution in [0.5, 0.6) is 5.75 Å². The molecule has 6 heteroatoms. The van der Waals surface area contributed by atoms with E-state index < -0.39 is 0 Å². The molecule has 0 bridgehead atoms. The van der Waals surface area contributed by atoms with E-state index in [1.54, 1.807) is 7.11 Å². The maximum atomic E-state index is 5.92. The van der Waals surface area contributed by atoms with Gasteiger partial charge in [0.1, 0.15) is 12.4 Å². The van der Waals surface area contributed by atoms with Crippen molar-refractivity contribution in [3.63, 3.8) is 0 Å². The number of nitrogens with zero attached hydrogens (tertiary/aromatic N) is 2. The van der Waals surface area contributed by atoms with Gasteiger partial charge in [0.05, 0.1) is 19.2 Å². The van der Waals surface area contributed by atoms with E-state index in [2.05, 4.69) is 28.8 Å². The van der Waals surface area contributed by atoms with Gasteiger partial charge in [-0.2, -0.15) is 0 Å². The molecule has 0 aromatic heterocycles. The molecule has 0 aliphatic rings. The number of nitrogens with two attached hydrogens (primary N) is 1. The van der Waals surface area contributed by atoms with Crippen LogP contribution in [0.25, 0.3) is 0 Å². The monoisotopic (exact) mass is 372 g/mol. The summed E-state index contributed by atoms with van der Waals surface area (Å²) in [5, 5.41) is 3.28. The molecule has 3 N–H and O–H groups in total. The Morgan fingerprint density at radius 1 is 1.33 bits per heavy atom. The summed E-state index contributed by atoms with van der Waals surface area (Å²) in [5.74, 6) is 1.59. The number of hydrogen-bond acceptors (Lipinski definition) is 4. The number of nitrogens with one attached hydrogen (secondary N) is 1. The zero-order chi connectivity index (χ0) is 20.2. The molecule has 1 unspecified atom stereocenters. The van der Waals surface area contributed by atoms with Crippen LogP contribution in [0.3, 0.4) is 0 Å². The van der Waals surface area contributed by atoms with E-state index in [9.17, 15) is 0 Å². The molecule has 0 fully saturated rings. The van der Waals surface area contributed by atoms with Crippen LogP contribution >= 0.6 is 0 Å². The average molecular weight is 373 g/mol. The molecule has 148 valence electrons. The van der Waals surface area contributed by atoms with Gasteiger partial charge >= 0.3 is 0 Å². The summed E-state index contributed by atoms with van der Waals surface area (Å²) in [6.07, 6.45) is 4.65. The van der Waals surface area contributed by atoms with Gasteiger partial charge in [-0.05, 0) is 57.5 Å². The summed E-state index contributed by atoms with van der Waals surface area (Å²) in [7, 11) is 1.64. The van der Waals surface area contributed by atoms with Crippen LogP contribution < -0.4 is 15.8 Å². The van der Waals surface area contributed by atoms with Crippen molar-refractivity contribution in [3.8, 4) is 5.75 Å². The van der Waals surface area contributed by atoms with Gasteiger partial charge in [-0.1, -0.05) is 25.1 Å². The summed E-state index contributed by atoms with van der Waals surface area (Å²) in [6, 6.07) is 7.70. The SMILES string of the molecule is C=C(N[C@H](CC)C(C)\N=C(N)/N=C(C)/C=C\C)OCc1ccc(OC)cc1. The van der Waals surface area contributed by atoms with Gasteiger partial charge in [0.2, 0.25) is 5.96 Å². The van der Waals surface area contributed by atoms with Crippen molar-refractivity contribution in [2.45, 2.75) is 52.8 Å². The van der Waals surface area contributed by atoms with Crippen LogP contribution in [0.15, 0.2) is 58.9 Å². The molecule has 1 aromatic rings. The lowest BCUT2D eigenvalue weighted by Gasteiger charge is -2.23. The van der Waals surface area contributed by atoms with Crippen molar-refractivity contribution in [1.29, 1.82) is 0 Å². The molecule has 27 heavy (non-hydrogen) atoms. The Morgan fingerprint density at radius 3 is 2.56 bits per heavy atom. The minimum Gasteiger partial charge on any atom is -0.497 e. The van der Waals surface area contributed by atoms with Crippen molar-refractivity contribution in [1.82, 2.24) is 5.32 Å². The lowest BCUT2D eigenvalue weighted by atomic mass is 10.1. The molecular formula is C21H32N4O2. The van der Waals surface area contributed by atoms with Gasteiger partial charge in [0.25, 0.3) is 0 Å². The molecule has 1 aromatic carbocycles. The minimum atomic E-state index is -0.0708. The maximum absolute atomic E-state index is 5.92. The van der Waals surface area contributed by atoms with Crippen LogP contribution in [0.1, 0.15) is 39.7 Å². The Hall–Kier alpha value is -2.76. The second-order valence-corrected chi connectivity index (χ2v) is 6.20. The van der Waals surface area contributed by atoms with Gasteiger partial charge in [-0.3, -0.25) is 0 Å². The number of allylic oxidation sites excluding steroid dienone is 2. The largest absolute Gasteiger partial charge is 0.497 e. The number of methoxy groups -OCH3 is 1. The van der Waals surface area contributed by atoms with Gasteiger partial charge < -0.3 is 20.5 Å². The Kier molecular flexibility index (Phi) is 9.72. The first kappa shape index (κ1) is 22.3. The maximum Gasteiger partial charge on any atom is 0.215 e. The molecule has 0 heterocycles. The van der Waals surface area contributed by atoms with Gasteiger partial charge in [0, 0.05) is 5.71 Å². The second kappa shape index (κ2) is 11.8. The molecule has 0 saturated carbocycles. The molecule has 0 radical (unpaired) electrons. The minimum absolute atomic E-state index is 0.0455. The molecule has 2 atom stereocenters. The van der Waals surface area contributed by atoms with E-state index >= 15 is 0 Å². The summed E-state index contributed by atoms with van der Waals surface area (Å²) in [6.45, 7) is 12.3. The van der Waals surface area contributed by atoms with Crippen molar-refractivity contribution in [2.75, 3.05) is 7.11 Å². The zero-order valence-electron chi connectivity index (χ0n) is 17.0. The third-order valence-corrected chi connectivity index (χ3v) is 3.98. The predicted octanol–water partition coefficient (Wildman–Crippen LogP) is 3.79. The molecule has 0 aliphatic carbocycles. The molecule has 0 spiro atoms. The fraction of sp³-hybridized carbons (Fsp3) is 0.429. The molecular weight excluding hydrogens is 340 g/mol. The van der Waals surface area contributed by atoms with E-state index in [0.717, 1.165) is 23.4 Å². The first-order valence-corrected chi connectivity index (χ1v) is 9.12. The Labute approximate surface area is 162 Å². The molecule has 1 rings (SSSR count). The lowest BCUT2D eigenvalue weighted by Crippen LogP contribution is -2.37.